The summed E-state index contributed by atoms with van der Waals surface area (Å²) in [4.78, 5) is 12.5. The van der Waals surface area contributed by atoms with Crippen LogP contribution in [0.25, 0.3) is 0 Å². The molecule has 5 atom stereocenters. The van der Waals surface area contributed by atoms with Gasteiger partial charge in [0.05, 0.1) is 0 Å². The van der Waals surface area contributed by atoms with E-state index in [1.807, 2.05) is 6.92 Å². The maximum absolute atomic E-state index is 13.3. The predicted octanol–water partition coefficient (Wildman–Crippen LogP) is 1.05. The number of carbonyl (C=O) groups excluding carboxylic acids is 1. The third-order valence-electron chi connectivity index (χ3n) is 7.39. The van der Waals surface area contributed by atoms with E-state index in [0.29, 0.717) is 44.1 Å². The predicted molar refractivity (Wildman–Crippen MR) is 110 cm³/mol. The lowest BCUT2D eigenvalue weighted by atomic mass is 9.95. The maximum atomic E-state index is 13.3. The highest BCUT2D eigenvalue weighted by atomic mass is 32.2. The van der Waals surface area contributed by atoms with Gasteiger partial charge in [0.25, 0.3) is 16.1 Å². The van der Waals surface area contributed by atoms with Crippen LogP contribution in [0.1, 0.15) is 67.6 Å². The van der Waals surface area contributed by atoms with Crippen molar-refractivity contribution in [3.63, 3.8) is 0 Å². The lowest BCUT2D eigenvalue weighted by Crippen LogP contribution is -2.58. The van der Waals surface area contributed by atoms with Gasteiger partial charge in [-0.2, -0.15) is 17.0 Å². The Hall–Kier alpha value is -1.49. The Balaban J connectivity index is 1.19. The number of carbonyl (C=O) groups is 1. The van der Waals surface area contributed by atoms with Crippen LogP contribution in [0, 0.1) is 11.8 Å². The third kappa shape index (κ3) is 3.68. The smallest absolute Gasteiger partial charge is 0.282 e. The highest BCUT2D eigenvalue weighted by Crippen LogP contribution is 2.40. The summed E-state index contributed by atoms with van der Waals surface area (Å²) in [6, 6.07) is 1.60. The van der Waals surface area contributed by atoms with Crippen molar-refractivity contribution in [2.24, 2.45) is 17.6 Å². The van der Waals surface area contributed by atoms with Crippen LogP contribution < -0.4 is 11.1 Å². The molecular formula is C20H31N5O4S. The Morgan fingerprint density at radius 2 is 1.90 bits per heavy atom. The topological polar surface area (TPSA) is 122 Å². The number of hydrogen-bond donors (Lipinski definition) is 2. The van der Waals surface area contributed by atoms with E-state index in [1.165, 1.54) is 0 Å². The summed E-state index contributed by atoms with van der Waals surface area (Å²) in [6.45, 7) is 3.37. The molecule has 1 aromatic rings. The molecule has 0 radical (unpaired) electrons. The largest absolute Gasteiger partial charge is 0.360 e. The van der Waals surface area contributed by atoms with Gasteiger partial charge in [0.15, 0.2) is 5.69 Å². The van der Waals surface area contributed by atoms with Crippen molar-refractivity contribution in [1.82, 2.24) is 19.1 Å². The van der Waals surface area contributed by atoms with E-state index in [0.717, 1.165) is 31.4 Å². The molecule has 0 aromatic carbocycles. The molecule has 166 valence electrons. The summed E-state index contributed by atoms with van der Waals surface area (Å²) in [5.41, 5.74) is 6.55. The number of hydrogen-bond acceptors (Lipinski definition) is 6. The van der Waals surface area contributed by atoms with E-state index in [-0.39, 0.29) is 35.9 Å². The van der Waals surface area contributed by atoms with Gasteiger partial charge >= 0.3 is 0 Å². The van der Waals surface area contributed by atoms with Crippen LogP contribution in [-0.2, 0) is 10.2 Å². The molecular weight excluding hydrogens is 406 g/mol. The van der Waals surface area contributed by atoms with E-state index < -0.39 is 10.2 Å². The fourth-order valence-electron chi connectivity index (χ4n) is 5.40. The Bertz CT molecular complexity index is 900. The van der Waals surface area contributed by atoms with Crippen molar-refractivity contribution in [3.05, 3.63) is 17.5 Å². The van der Waals surface area contributed by atoms with Crippen molar-refractivity contribution >= 4 is 16.1 Å². The minimum atomic E-state index is -3.52. The van der Waals surface area contributed by atoms with Gasteiger partial charge in [-0.05, 0) is 57.3 Å². The van der Waals surface area contributed by atoms with Crippen LogP contribution in [0.15, 0.2) is 10.6 Å². The lowest BCUT2D eigenvalue weighted by Gasteiger charge is -2.42. The molecule has 9 nitrogen and oxygen atoms in total. The fourth-order valence-corrected chi connectivity index (χ4v) is 7.33. The van der Waals surface area contributed by atoms with Crippen LogP contribution >= 0.6 is 0 Å². The van der Waals surface area contributed by atoms with E-state index in [4.69, 9.17) is 10.3 Å². The fraction of sp³-hybridized carbons (Fsp3) is 0.800. The second-order valence-electron chi connectivity index (χ2n) is 9.54. The summed E-state index contributed by atoms with van der Waals surface area (Å²) in [5, 5.41) is 6.90. The van der Waals surface area contributed by atoms with Crippen LogP contribution in [0.5, 0.6) is 0 Å². The van der Waals surface area contributed by atoms with Crippen LogP contribution in [0.2, 0.25) is 0 Å². The number of nitrogens with two attached hydrogens (primary N) is 1. The van der Waals surface area contributed by atoms with Crippen molar-refractivity contribution in [2.45, 2.75) is 69.5 Å². The quantitative estimate of drug-likeness (QED) is 0.710. The second kappa shape index (κ2) is 7.58. The zero-order chi connectivity index (χ0) is 21.0. The second-order valence-corrected chi connectivity index (χ2v) is 11.4. The molecule has 1 aromatic heterocycles. The number of rotatable bonds is 5. The summed E-state index contributed by atoms with van der Waals surface area (Å²) in [6.07, 6.45) is 5.38. The number of piperidine rings is 2. The van der Waals surface area contributed by atoms with Gasteiger partial charge in [-0.1, -0.05) is 5.16 Å². The molecule has 4 aliphatic rings. The van der Waals surface area contributed by atoms with Crippen LogP contribution in [0.4, 0.5) is 0 Å². The SMILES string of the molecule is C[C@H]1C[C@@H](NC(=O)c2cc(C3CC3)on2)CCN1S(=O)(=O)N1C[C@H]2CC[C@@H](C1)[C@@H]2N. The van der Waals surface area contributed by atoms with Gasteiger partial charge in [-0.3, -0.25) is 4.79 Å². The van der Waals surface area contributed by atoms with Gasteiger partial charge in [0, 0.05) is 49.7 Å². The van der Waals surface area contributed by atoms with Gasteiger partial charge in [-0.25, -0.2) is 0 Å². The standard InChI is InChI=1S/C20H31N5O4S/c1-12-8-16(22-20(26)17-9-18(29-23-17)13-2-3-13)6-7-25(12)30(27,28)24-10-14-4-5-15(11-24)19(14)21/h9,12-16,19H,2-8,10-11,21H2,1H3,(H,22,26)/t12-,14-,15+,16-,19-/m0/s1. The molecule has 1 amide bonds. The summed E-state index contributed by atoms with van der Waals surface area (Å²) < 4.78 is 35.1. The summed E-state index contributed by atoms with van der Waals surface area (Å²) in [5.74, 6) is 1.49. The summed E-state index contributed by atoms with van der Waals surface area (Å²) >= 11 is 0. The monoisotopic (exact) mass is 437 g/mol. The first-order valence-electron chi connectivity index (χ1n) is 11.1. The van der Waals surface area contributed by atoms with Crippen molar-refractivity contribution in [3.8, 4) is 0 Å². The first-order chi connectivity index (χ1) is 14.3. The zero-order valence-corrected chi connectivity index (χ0v) is 18.2. The Kier molecular flexibility index (Phi) is 5.16. The zero-order valence-electron chi connectivity index (χ0n) is 17.4. The highest BCUT2D eigenvalue weighted by Gasteiger charge is 2.46. The van der Waals surface area contributed by atoms with Crippen molar-refractivity contribution in [1.29, 1.82) is 0 Å². The lowest BCUT2D eigenvalue weighted by molar-refractivity contribution is 0.0902. The average Bonchev–Trinajstić information content (AvgIpc) is 3.40. The van der Waals surface area contributed by atoms with Crippen LogP contribution in [0.3, 0.4) is 0 Å². The van der Waals surface area contributed by atoms with Gasteiger partial charge < -0.3 is 15.6 Å². The number of nitrogens with one attached hydrogen (secondary N) is 1. The molecule has 10 heteroatoms. The van der Waals surface area contributed by atoms with Crippen LogP contribution in [-0.4, -0.2) is 65.9 Å². The molecule has 5 rings (SSSR count). The Morgan fingerprint density at radius 1 is 1.20 bits per heavy atom. The van der Waals surface area contributed by atoms with E-state index in [2.05, 4.69) is 10.5 Å². The number of amides is 1. The molecule has 0 unspecified atom stereocenters. The third-order valence-corrected chi connectivity index (χ3v) is 9.47. The maximum Gasteiger partial charge on any atom is 0.282 e. The highest BCUT2D eigenvalue weighted by molar-refractivity contribution is 7.86. The normalized spacial score (nSPS) is 35.5. The van der Waals surface area contributed by atoms with Gasteiger partial charge in [0.2, 0.25) is 0 Å². The number of fused-ring (bicyclic) bond motifs is 2. The number of aromatic nitrogens is 1. The molecule has 2 saturated carbocycles. The number of nitrogens with zero attached hydrogens (tertiary/aromatic N) is 3. The Labute approximate surface area is 177 Å². The minimum Gasteiger partial charge on any atom is -0.360 e. The average molecular weight is 438 g/mol. The van der Waals surface area contributed by atoms with Gasteiger partial charge in [-0.15, -0.1) is 0 Å². The first-order valence-corrected chi connectivity index (χ1v) is 12.5. The molecule has 3 heterocycles. The molecule has 2 saturated heterocycles. The molecule has 2 aliphatic carbocycles. The molecule has 2 bridgehead atoms. The molecule has 3 N–H and O–H groups in total. The minimum absolute atomic E-state index is 0.0778. The van der Waals surface area contributed by atoms with Crippen molar-refractivity contribution in [2.75, 3.05) is 19.6 Å². The van der Waals surface area contributed by atoms with E-state index >= 15 is 0 Å². The van der Waals surface area contributed by atoms with E-state index in [1.54, 1.807) is 14.7 Å². The van der Waals surface area contributed by atoms with E-state index in [9.17, 15) is 13.2 Å². The molecule has 30 heavy (non-hydrogen) atoms. The Morgan fingerprint density at radius 3 is 2.53 bits per heavy atom. The molecule has 4 fully saturated rings. The summed E-state index contributed by atoms with van der Waals surface area (Å²) in [7, 11) is -3.52. The molecule has 0 spiro atoms. The van der Waals surface area contributed by atoms with Crippen molar-refractivity contribution < 1.29 is 17.7 Å². The molecule has 2 aliphatic heterocycles. The van der Waals surface area contributed by atoms with Gasteiger partial charge in [0.1, 0.15) is 5.76 Å². The first kappa shape index (κ1) is 20.4.